The SMILES string of the molecule is O=Cc1ccc(OCC2CCCO2)cc1Br. The van der Waals surface area contributed by atoms with Crippen LogP contribution in [0, 0.1) is 0 Å². The first kappa shape index (κ1) is 11.6. The Balaban J connectivity index is 1.93. The Labute approximate surface area is 103 Å². The van der Waals surface area contributed by atoms with Crippen molar-refractivity contribution in [3.8, 4) is 5.75 Å². The molecular weight excluding hydrogens is 272 g/mol. The van der Waals surface area contributed by atoms with Crippen molar-refractivity contribution in [2.45, 2.75) is 18.9 Å². The van der Waals surface area contributed by atoms with Crippen LogP contribution >= 0.6 is 15.9 Å². The molecule has 4 heteroatoms. The Hall–Kier alpha value is -0.870. The van der Waals surface area contributed by atoms with Crippen molar-refractivity contribution in [1.82, 2.24) is 0 Å². The number of carbonyl (C=O) groups is 1. The van der Waals surface area contributed by atoms with Crippen molar-refractivity contribution in [1.29, 1.82) is 0 Å². The maximum absolute atomic E-state index is 10.6. The predicted octanol–water partition coefficient (Wildman–Crippen LogP) is 2.82. The van der Waals surface area contributed by atoms with Crippen LogP contribution in [-0.2, 0) is 4.74 Å². The van der Waals surface area contributed by atoms with Crippen LogP contribution in [0.4, 0.5) is 0 Å². The molecular formula is C12H13BrO3. The molecule has 0 bridgehead atoms. The third-order valence-corrected chi connectivity index (χ3v) is 3.25. The number of carbonyl (C=O) groups excluding carboxylic acids is 1. The molecule has 0 radical (unpaired) electrons. The Kier molecular flexibility index (Phi) is 3.96. The van der Waals surface area contributed by atoms with Crippen molar-refractivity contribution in [3.05, 3.63) is 28.2 Å². The highest BCUT2D eigenvalue weighted by Gasteiger charge is 2.16. The topological polar surface area (TPSA) is 35.5 Å². The molecule has 1 aromatic carbocycles. The summed E-state index contributed by atoms with van der Waals surface area (Å²) in [6.07, 6.45) is 3.20. The lowest BCUT2D eigenvalue weighted by molar-refractivity contribution is 0.0679. The van der Waals surface area contributed by atoms with Gasteiger partial charge in [0.1, 0.15) is 12.4 Å². The lowest BCUT2D eigenvalue weighted by atomic mass is 10.2. The number of aldehydes is 1. The van der Waals surface area contributed by atoms with Gasteiger partial charge in [-0.05, 0) is 47.0 Å². The smallest absolute Gasteiger partial charge is 0.151 e. The third-order valence-electron chi connectivity index (χ3n) is 2.56. The highest BCUT2D eigenvalue weighted by atomic mass is 79.9. The first-order valence-corrected chi connectivity index (χ1v) is 6.08. The van der Waals surface area contributed by atoms with Crippen molar-refractivity contribution in [3.63, 3.8) is 0 Å². The number of hydrogen-bond acceptors (Lipinski definition) is 3. The van der Waals surface area contributed by atoms with E-state index in [1.54, 1.807) is 18.2 Å². The normalized spacial score (nSPS) is 19.7. The van der Waals surface area contributed by atoms with Gasteiger partial charge in [-0.15, -0.1) is 0 Å². The molecule has 1 aromatic rings. The van der Waals surface area contributed by atoms with Gasteiger partial charge in [-0.25, -0.2) is 0 Å². The van der Waals surface area contributed by atoms with E-state index in [1.807, 2.05) is 0 Å². The lowest BCUT2D eigenvalue weighted by Crippen LogP contribution is -2.16. The molecule has 1 heterocycles. The molecule has 1 atom stereocenters. The molecule has 0 amide bonds. The minimum atomic E-state index is 0.213. The van der Waals surface area contributed by atoms with Gasteiger partial charge in [-0.2, -0.15) is 0 Å². The van der Waals surface area contributed by atoms with Crippen molar-refractivity contribution >= 4 is 22.2 Å². The van der Waals surface area contributed by atoms with E-state index in [-0.39, 0.29) is 6.10 Å². The van der Waals surface area contributed by atoms with E-state index in [9.17, 15) is 4.79 Å². The second-order valence-electron chi connectivity index (χ2n) is 3.75. The maximum atomic E-state index is 10.6. The number of halogens is 1. The van der Waals surface area contributed by atoms with Crippen molar-refractivity contribution in [2.24, 2.45) is 0 Å². The van der Waals surface area contributed by atoms with Crippen molar-refractivity contribution < 1.29 is 14.3 Å². The molecule has 86 valence electrons. The summed E-state index contributed by atoms with van der Waals surface area (Å²) in [6.45, 7) is 1.41. The Bertz CT molecular complexity index is 373. The summed E-state index contributed by atoms with van der Waals surface area (Å²) in [7, 11) is 0. The molecule has 0 N–H and O–H groups in total. The van der Waals surface area contributed by atoms with E-state index in [0.29, 0.717) is 12.2 Å². The highest BCUT2D eigenvalue weighted by Crippen LogP contribution is 2.22. The summed E-state index contributed by atoms with van der Waals surface area (Å²) < 4.78 is 11.8. The standard InChI is InChI=1S/C12H13BrO3/c13-12-6-10(4-3-9(12)7-14)16-8-11-2-1-5-15-11/h3-4,6-7,11H,1-2,5,8H2. The molecule has 0 saturated carbocycles. The molecule has 1 aliphatic heterocycles. The summed E-state index contributed by atoms with van der Waals surface area (Å²) in [5.41, 5.74) is 0.629. The van der Waals surface area contributed by atoms with E-state index in [1.165, 1.54) is 0 Å². The monoisotopic (exact) mass is 284 g/mol. The Morgan fingerprint density at radius 2 is 2.44 bits per heavy atom. The molecule has 16 heavy (non-hydrogen) atoms. The van der Waals surface area contributed by atoms with E-state index in [0.717, 1.165) is 36.0 Å². The zero-order valence-electron chi connectivity index (χ0n) is 8.82. The van der Waals surface area contributed by atoms with Crippen LogP contribution in [-0.4, -0.2) is 25.6 Å². The first-order chi connectivity index (χ1) is 7.79. The van der Waals surface area contributed by atoms with Gasteiger partial charge in [0, 0.05) is 16.6 Å². The fourth-order valence-corrected chi connectivity index (χ4v) is 2.11. The number of ether oxygens (including phenoxy) is 2. The number of hydrogen-bond donors (Lipinski definition) is 0. The molecule has 1 unspecified atom stereocenters. The number of benzene rings is 1. The zero-order chi connectivity index (χ0) is 11.4. The second kappa shape index (κ2) is 5.46. The Morgan fingerprint density at radius 3 is 3.06 bits per heavy atom. The van der Waals surface area contributed by atoms with Crippen LogP contribution in [0.5, 0.6) is 5.75 Å². The summed E-state index contributed by atoms with van der Waals surface area (Å²) in [6, 6.07) is 5.34. The third kappa shape index (κ3) is 2.83. The zero-order valence-corrected chi connectivity index (χ0v) is 10.4. The predicted molar refractivity (Wildman–Crippen MR) is 64.0 cm³/mol. The van der Waals surface area contributed by atoms with E-state index >= 15 is 0 Å². The van der Waals surface area contributed by atoms with Gasteiger partial charge in [-0.1, -0.05) is 0 Å². The lowest BCUT2D eigenvalue weighted by Gasteiger charge is -2.11. The quantitative estimate of drug-likeness (QED) is 0.798. The molecule has 1 fully saturated rings. The maximum Gasteiger partial charge on any atom is 0.151 e. The van der Waals surface area contributed by atoms with Crippen LogP contribution in [0.3, 0.4) is 0 Å². The molecule has 0 spiro atoms. The molecule has 3 nitrogen and oxygen atoms in total. The Morgan fingerprint density at radius 1 is 1.56 bits per heavy atom. The fourth-order valence-electron chi connectivity index (χ4n) is 1.66. The molecule has 0 aromatic heterocycles. The first-order valence-electron chi connectivity index (χ1n) is 5.29. The highest BCUT2D eigenvalue weighted by molar-refractivity contribution is 9.10. The van der Waals surface area contributed by atoms with Crippen LogP contribution in [0.15, 0.2) is 22.7 Å². The minimum absolute atomic E-state index is 0.213. The van der Waals surface area contributed by atoms with Crippen LogP contribution in [0.2, 0.25) is 0 Å². The molecule has 2 rings (SSSR count). The summed E-state index contributed by atoms with van der Waals surface area (Å²) in [5, 5.41) is 0. The summed E-state index contributed by atoms with van der Waals surface area (Å²) in [5.74, 6) is 0.757. The largest absolute Gasteiger partial charge is 0.491 e. The molecule has 1 aliphatic rings. The van der Waals surface area contributed by atoms with Gasteiger partial charge in [-0.3, -0.25) is 4.79 Å². The van der Waals surface area contributed by atoms with E-state index < -0.39 is 0 Å². The summed E-state index contributed by atoms with van der Waals surface area (Å²) >= 11 is 3.32. The van der Waals surface area contributed by atoms with Gasteiger partial charge in [0.25, 0.3) is 0 Å². The molecule has 0 aliphatic carbocycles. The van der Waals surface area contributed by atoms with Crippen LogP contribution < -0.4 is 4.74 Å². The van der Waals surface area contributed by atoms with Crippen LogP contribution in [0.1, 0.15) is 23.2 Å². The van der Waals surface area contributed by atoms with Gasteiger partial charge >= 0.3 is 0 Å². The van der Waals surface area contributed by atoms with Gasteiger partial charge in [0.2, 0.25) is 0 Å². The van der Waals surface area contributed by atoms with Crippen molar-refractivity contribution in [2.75, 3.05) is 13.2 Å². The summed E-state index contributed by atoms with van der Waals surface area (Å²) in [4.78, 5) is 10.6. The molecule has 1 saturated heterocycles. The van der Waals surface area contributed by atoms with Gasteiger partial charge in [0.15, 0.2) is 6.29 Å². The fraction of sp³-hybridized carbons (Fsp3) is 0.417. The average Bonchev–Trinajstić information content (AvgIpc) is 2.79. The second-order valence-corrected chi connectivity index (χ2v) is 4.60. The van der Waals surface area contributed by atoms with E-state index in [2.05, 4.69) is 15.9 Å². The van der Waals surface area contributed by atoms with E-state index in [4.69, 9.17) is 9.47 Å². The van der Waals surface area contributed by atoms with Crippen LogP contribution in [0.25, 0.3) is 0 Å². The average molecular weight is 285 g/mol. The minimum Gasteiger partial charge on any atom is -0.491 e. The van der Waals surface area contributed by atoms with Gasteiger partial charge < -0.3 is 9.47 Å². The van der Waals surface area contributed by atoms with Gasteiger partial charge in [0.05, 0.1) is 6.10 Å². The number of rotatable bonds is 4.